The zero-order valence-corrected chi connectivity index (χ0v) is 10.4. The highest BCUT2D eigenvalue weighted by atomic mass is 16.5. The quantitative estimate of drug-likeness (QED) is 0.639. The lowest BCUT2D eigenvalue weighted by molar-refractivity contribution is 0.0114. The molecular formula is C12H24O4. The number of hydrogen-bond donors (Lipinski definition) is 1. The van der Waals surface area contributed by atoms with E-state index in [1.807, 2.05) is 0 Å². The van der Waals surface area contributed by atoms with Crippen LogP contribution in [0.25, 0.3) is 0 Å². The second-order valence-corrected chi connectivity index (χ2v) is 4.49. The third kappa shape index (κ3) is 3.70. The number of methoxy groups -OCH3 is 1. The number of rotatable bonds is 8. The Morgan fingerprint density at radius 1 is 1.38 bits per heavy atom. The SMILES string of the molecule is COCCOCCCC1(CO)CCOC1C. The van der Waals surface area contributed by atoms with Gasteiger partial charge in [0, 0.05) is 25.7 Å². The van der Waals surface area contributed by atoms with Gasteiger partial charge in [0.25, 0.3) is 0 Å². The third-order valence-electron chi connectivity index (χ3n) is 3.54. The van der Waals surface area contributed by atoms with Crippen LogP contribution in [0.3, 0.4) is 0 Å². The maximum Gasteiger partial charge on any atom is 0.0700 e. The van der Waals surface area contributed by atoms with Gasteiger partial charge < -0.3 is 19.3 Å². The van der Waals surface area contributed by atoms with E-state index < -0.39 is 0 Å². The van der Waals surface area contributed by atoms with Gasteiger partial charge in [-0.05, 0) is 26.2 Å². The average molecular weight is 232 g/mol. The summed E-state index contributed by atoms with van der Waals surface area (Å²) < 4.78 is 15.8. The van der Waals surface area contributed by atoms with E-state index >= 15 is 0 Å². The first-order chi connectivity index (χ1) is 7.75. The van der Waals surface area contributed by atoms with Gasteiger partial charge in [-0.3, -0.25) is 0 Å². The zero-order chi connectivity index (χ0) is 11.9. The van der Waals surface area contributed by atoms with Crippen molar-refractivity contribution in [2.45, 2.75) is 32.3 Å². The molecule has 0 aromatic heterocycles. The molecule has 1 rings (SSSR count). The molecule has 0 aromatic carbocycles. The number of aliphatic hydroxyl groups excluding tert-OH is 1. The van der Waals surface area contributed by atoms with E-state index in [4.69, 9.17) is 14.2 Å². The zero-order valence-electron chi connectivity index (χ0n) is 10.4. The maximum atomic E-state index is 9.49. The predicted molar refractivity (Wildman–Crippen MR) is 61.5 cm³/mol. The highest BCUT2D eigenvalue weighted by Gasteiger charge is 2.40. The van der Waals surface area contributed by atoms with Crippen molar-refractivity contribution >= 4 is 0 Å². The van der Waals surface area contributed by atoms with Crippen molar-refractivity contribution in [1.82, 2.24) is 0 Å². The second kappa shape index (κ2) is 7.22. The summed E-state index contributed by atoms with van der Waals surface area (Å²) in [6.45, 7) is 5.06. The minimum absolute atomic E-state index is 0.0371. The van der Waals surface area contributed by atoms with Gasteiger partial charge in [0.1, 0.15) is 0 Å². The molecule has 0 amide bonds. The molecule has 1 fully saturated rings. The Bertz CT molecular complexity index is 186. The Morgan fingerprint density at radius 2 is 2.19 bits per heavy atom. The fourth-order valence-corrected chi connectivity index (χ4v) is 2.20. The summed E-state index contributed by atoms with van der Waals surface area (Å²) in [5.41, 5.74) is -0.0371. The van der Waals surface area contributed by atoms with Gasteiger partial charge in [-0.2, -0.15) is 0 Å². The van der Waals surface area contributed by atoms with Crippen molar-refractivity contribution < 1.29 is 19.3 Å². The van der Waals surface area contributed by atoms with Crippen LogP contribution in [-0.4, -0.2) is 51.4 Å². The van der Waals surface area contributed by atoms with Crippen LogP contribution in [0.1, 0.15) is 26.2 Å². The van der Waals surface area contributed by atoms with E-state index in [0.717, 1.165) is 32.5 Å². The van der Waals surface area contributed by atoms with E-state index in [2.05, 4.69) is 6.92 Å². The van der Waals surface area contributed by atoms with Crippen LogP contribution in [0.2, 0.25) is 0 Å². The predicted octanol–water partition coefficient (Wildman–Crippen LogP) is 1.22. The first-order valence-corrected chi connectivity index (χ1v) is 6.04. The van der Waals surface area contributed by atoms with Crippen molar-refractivity contribution in [2.24, 2.45) is 5.41 Å². The highest BCUT2D eigenvalue weighted by Crippen LogP contribution is 2.38. The molecule has 96 valence electrons. The van der Waals surface area contributed by atoms with E-state index in [9.17, 15) is 5.11 Å². The molecule has 1 aliphatic rings. The van der Waals surface area contributed by atoms with Gasteiger partial charge in [0.05, 0.1) is 25.9 Å². The fourth-order valence-electron chi connectivity index (χ4n) is 2.20. The number of hydrogen-bond acceptors (Lipinski definition) is 4. The van der Waals surface area contributed by atoms with Crippen LogP contribution in [0.4, 0.5) is 0 Å². The summed E-state index contributed by atoms with van der Waals surface area (Å²) >= 11 is 0. The summed E-state index contributed by atoms with van der Waals surface area (Å²) in [7, 11) is 1.67. The van der Waals surface area contributed by atoms with Gasteiger partial charge in [-0.15, -0.1) is 0 Å². The molecule has 2 atom stereocenters. The molecule has 2 unspecified atom stereocenters. The average Bonchev–Trinajstić information content (AvgIpc) is 2.66. The van der Waals surface area contributed by atoms with Gasteiger partial charge in [-0.25, -0.2) is 0 Å². The lowest BCUT2D eigenvalue weighted by atomic mass is 9.78. The Labute approximate surface area is 97.9 Å². The summed E-state index contributed by atoms with van der Waals surface area (Å²) in [4.78, 5) is 0. The molecule has 1 saturated heterocycles. The van der Waals surface area contributed by atoms with Crippen molar-refractivity contribution in [3.63, 3.8) is 0 Å². The molecule has 0 radical (unpaired) electrons. The minimum Gasteiger partial charge on any atom is -0.396 e. The van der Waals surface area contributed by atoms with E-state index in [1.165, 1.54) is 0 Å². The molecular weight excluding hydrogens is 208 g/mol. The minimum atomic E-state index is -0.0371. The van der Waals surface area contributed by atoms with E-state index in [0.29, 0.717) is 13.2 Å². The van der Waals surface area contributed by atoms with Gasteiger partial charge in [-0.1, -0.05) is 0 Å². The molecule has 4 nitrogen and oxygen atoms in total. The van der Waals surface area contributed by atoms with Crippen molar-refractivity contribution in [3.8, 4) is 0 Å². The lowest BCUT2D eigenvalue weighted by Gasteiger charge is -2.29. The van der Waals surface area contributed by atoms with Crippen molar-refractivity contribution in [2.75, 3.05) is 40.1 Å². The summed E-state index contributed by atoms with van der Waals surface area (Å²) in [6, 6.07) is 0. The maximum absolute atomic E-state index is 9.49. The third-order valence-corrected chi connectivity index (χ3v) is 3.54. The van der Waals surface area contributed by atoms with Crippen LogP contribution >= 0.6 is 0 Å². The smallest absolute Gasteiger partial charge is 0.0700 e. The molecule has 0 aliphatic carbocycles. The summed E-state index contributed by atoms with van der Waals surface area (Å²) in [5.74, 6) is 0. The molecule has 0 saturated carbocycles. The first kappa shape index (κ1) is 13.9. The first-order valence-electron chi connectivity index (χ1n) is 6.04. The number of aliphatic hydroxyl groups is 1. The highest BCUT2D eigenvalue weighted by molar-refractivity contribution is 4.88. The Hall–Kier alpha value is -0.160. The molecule has 1 aliphatic heterocycles. The Balaban J connectivity index is 2.14. The largest absolute Gasteiger partial charge is 0.396 e. The molecule has 1 heterocycles. The molecule has 16 heavy (non-hydrogen) atoms. The van der Waals surface area contributed by atoms with Crippen LogP contribution in [-0.2, 0) is 14.2 Å². The summed E-state index contributed by atoms with van der Waals surface area (Å²) in [6.07, 6.45) is 3.06. The molecule has 1 N–H and O–H groups in total. The standard InChI is InChI=1S/C12H24O4/c1-11-12(10-13,5-7-16-11)4-3-6-15-9-8-14-2/h11,13H,3-10H2,1-2H3. The van der Waals surface area contributed by atoms with Crippen molar-refractivity contribution in [1.29, 1.82) is 0 Å². The Kier molecular flexibility index (Phi) is 6.28. The van der Waals surface area contributed by atoms with Gasteiger partial charge >= 0.3 is 0 Å². The molecule has 0 aromatic rings. The van der Waals surface area contributed by atoms with Crippen LogP contribution in [0, 0.1) is 5.41 Å². The monoisotopic (exact) mass is 232 g/mol. The molecule has 0 spiro atoms. The molecule has 0 bridgehead atoms. The van der Waals surface area contributed by atoms with Gasteiger partial charge in [0.15, 0.2) is 0 Å². The normalized spacial score (nSPS) is 29.8. The molecule has 4 heteroatoms. The summed E-state index contributed by atoms with van der Waals surface area (Å²) in [5, 5.41) is 9.49. The van der Waals surface area contributed by atoms with Crippen LogP contribution in [0.15, 0.2) is 0 Å². The topological polar surface area (TPSA) is 47.9 Å². The lowest BCUT2D eigenvalue weighted by Crippen LogP contribution is -2.33. The van der Waals surface area contributed by atoms with Gasteiger partial charge in [0.2, 0.25) is 0 Å². The Morgan fingerprint density at radius 3 is 2.75 bits per heavy atom. The van der Waals surface area contributed by atoms with Crippen LogP contribution < -0.4 is 0 Å². The fraction of sp³-hybridized carbons (Fsp3) is 1.00. The van der Waals surface area contributed by atoms with E-state index in [1.54, 1.807) is 7.11 Å². The van der Waals surface area contributed by atoms with Crippen molar-refractivity contribution in [3.05, 3.63) is 0 Å². The van der Waals surface area contributed by atoms with Crippen LogP contribution in [0.5, 0.6) is 0 Å². The number of ether oxygens (including phenoxy) is 3. The second-order valence-electron chi connectivity index (χ2n) is 4.49. The van der Waals surface area contributed by atoms with E-state index in [-0.39, 0.29) is 18.1 Å².